The van der Waals surface area contributed by atoms with Crippen molar-refractivity contribution in [1.29, 1.82) is 0 Å². The van der Waals surface area contributed by atoms with Gasteiger partial charge >= 0.3 is 11.9 Å². The number of rotatable bonds is 38. The van der Waals surface area contributed by atoms with Gasteiger partial charge in [0.15, 0.2) is 0 Å². The largest absolute Gasteiger partial charge is 0.481 e. The van der Waals surface area contributed by atoms with E-state index in [1.54, 1.807) is 0 Å². The minimum atomic E-state index is -0.653. The highest BCUT2D eigenvalue weighted by molar-refractivity contribution is 5.74. The van der Waals surface area contributed by atoms with E-state index in [0.717, 1.165) is 64.2 Å². The van der Waals surface area contributed by atoms with Crippen LogP contribution >= 0.6 is 0 Å². The molecule has 0 atom stereocenters. The van der Waals surface area contributed by atoms with Crippen LogP contribution in [-0.2, 0) is 9.59 Å². The highest BCUT2D eigenvalue weighted by Crippen LogP contribution is 2.37. The van der Waals surface area contributed by atoms with Gasteiger partial charge in [0.1, 0.15) is 0 Å². The lowest BCUT2D eigenvalue weighted by atomic mass is 9.74. The summed E-state index contributed by atoms with van der Waals surface area (Å²) in [6.07, 6.45) is 46.1. The molecular weight excluding hydrogens is 592 g/mol. The van der Waals surface area contributed by atoms with Gasteiger partial charge in [-0.25, -0.2) is 0 Å². The standard InChI is InChI=1S/C26H52O2.C18H36O2/c1-4-7-10-11-12-13-14-15-16-17-18-19-20-21-24-26(25(27)28,22-8-5-2)23-9-6-3;1-2-3-4-5-6-7-8-9-10-11-12-13-14-15-16-17-18(19)20/h4-24H2,1-3H3,(H,27,28);2-17H2,1H3,(H,19,20). The Kier molecular flexibility index (Phi) is 41.3. The first-order chi connectivity index (χ1) is 23.4. The van der Waals surface area contributed by atoms with Crippen LogP contribution in [-0.4, -0.2) is 22.2 Å². The Hall–Kier alpha value is -1.06. The first-order valence-electron chi connectivity index (χ1n) is 21.8. The molecule has 0 saturated heterocycles. The van der Waals surface area contributed by atoms with Gasteiger partial charge in [-0.2, -0.15) is 0 Å². The molecule has 0 aliphatic carbocycles. The number of hydrogen-bond acceptors (Lipinski definition) is 2. The Morgan fingerprint density at radius 1 is 0.333 bits per heavy atom. The molecule has 0 aromatic carbocycles. The molecule has 0 aromatic rings. The van der Waals surface area contributed by atoms with Crippen molar-refractivity contribution in [2.75, 3.05) is 0 Å². The third-order valence-corrected chi connectivity index (χ3v) is 10.5. The zero-order valence-electron chi connectivity index (χ0n) is 33.4. The van der Waals surface area contributed by atoms with E-state index in [0.29, 0.717) is 6.42 Å². The van der Waals surface area contributed by atoms with Crippen LogP contribution in [0.15, 0.2) is 0 Å². The average molecular weight is 681 g/mol. The van der Waals surface area contributed by atoms with Gasteiger partial charge in [-0.05, 0) is 25.7 Å². The predicted molar refractivity (Wildman–Crippen MR) is 211 cm³/mol. The van der Waals surface area contributed by atoms with E-state index >= 15 is 0 Å². The Balaban J connectivity index is 0. The fourth-order valence-electron chi connectivity index (χ4n) is 7.03. The molecule has 0 heterocycles. The summed E-state index contributed by atoms with van der Waals surface area (Å²) in [5, 5.41) is 18.4. The lowest BCUT2D eigenvalue weighted by Crippen LogP contribution is -2.31. The van der Waals surface area contributed by atoms with Gasteiger partial charge in [0.25, 0.3) is 0 Å². The average Bonchev–Trinajstić information content (AvgIpc) is 3.07. The van der Waals surface area contributed by atoms with Crippen LogP contribution in [0.2, 0.25) is 0 Å². The molecule has 4 nitrogen and oxygen atoms in total. The Morgan fingerprint density at radius 2 is 0.562 bits per heavy atom. The Morgan fingerprint density at radius 3 is 0.812 bits per heavy atom. The molecule has 0 radical (unpaired) electrons. The Bertz CT molecular complexity index is 638. The maximum atomic E-state index is 12.0. The summed E-state index contributed by atoms with van der Waals surface area (Å²) in [7, 11) is 0. The summed E-state index contributed by atoms with van der Waals surface area (Å²) < 4.78 is 0. The molecule has 48 heavy (non-hydrogen) atoms. The van der Waals surface area contributed by atoms with Crippen molar-refractivity contribution in [2.45, 2.75) is 265 Å². The van der Waals surface area contributed by atoms with Crippen molar-refractivity contribution >= 4 is 11.9 Å². The van der Waals surface area contributed by atoms with E-state index in [2.05, 4.69) is 27.7 Å². The van der Waals surface area contributed by atoms with Crippen molar-refractivity contribution < 1.29 is 19.8 Å². The monoisotopic (exact) mass is 681 g/mol. The molecule has 0 aliphatic rings. The number of carbonyl (C=O) groups is 2. The van der Waals surface area contributed by atoms with Gasteiger partial charge in [0.05, 0.1) is 5.41 Å². The summed E-state index contributed by atoms with van der Waals surface area (Å²) in [6, 6.07) is 0. The van der Waals surface area contributed by atoms with Gasteiger partial charge in [-0.1, -0.05) is 233 Å². The van der Waals surface area contributed by atoms with E-state index in [9.17, 15) is 14.7 Å². The highest BCUT2D eigenvalue weighted by Gasteiger charge is 2.36. The smallest absolute Gasteiger partial charge is 0.309 e. The van der Waals surface area contributed by atoms with Crippen LogP contribution in [0.5, 0.6) is 0 Å². The molecule has 0 rings (SSSR count). The second-order valence-electron chi connectivity index (χ2n) is 15.2. The van der Waals surface area contributed by atoms with Crippen LogP contribution < -0.4 is 0 Å². The van der Waals surface area contributed by atoms with Crippen LogP contribution in [0.4, 0.5) is 0 Å². The highest BCUT2D eigenvalue weighted by atomic mass is 16.4. The SMILES string of the molecule is CCCCCCCCCCCCCCCCC(CCCC)(CCCC)C(=O)O.CCCCCCCCCCCCCCCCCC(=O)O. The topological polar surface area (TPSA) is 74.6 Å². The van der Waals surface area contributed by atoms with Crippen molar-refractivity contribution in [3.05, 3.63) is 0 Å². The first-order valence-corrected chi connectivity index (χ1v) is 21.8. The van der Waals surface area contributed by atoms with E-state index in [4.69, 9.17) is 5.11 Å². The normalized spacial score (nSPS) is 11.4. The Labute approximate surface area is 301 Å². The predicted octanol–water partition coefficient (Wildman–Crippen LogP) is 15.6. The van der Waals surface area contributed by atoms with Gasteiger partial charge in [-0.15, -0.1) is 0 Å². The van der Waals surface area contributed by atoms with E-state index < -0.39 is 17.4 Å². The fraction of sp³-hybridized carbons (Fsp3) is 0.955. The summed E-state index contributed by atoms with van der Waals surface area (Å²) in [5.74, 6) is -1.19. The fourth-order valence-corrected chi connectivity index (χ4v) is 7.03. The first kappa shape index (κ1) is 49.1. The lowest BCUT2D eigenvalue weighted by Gasteiger charge is -2.29. The molecule has 0 fully saturated rings. The molecule has 4 heteroatoms. The molecule has 0 aliphatic heterocycles. The zero-order chi connectivity index (χ0) is 35.8. The second-order valence-corrected chi connectivity index (χ2v) is 15.2. The molecule has 0 bridgehead atoms. The van der Waals surface area contributed by atoms with Gasteiger partial charge in [0.2, 0.25) is 0 Å². The van der Waals surface area contributed by atoms with Crippen molar-refractivity contribution in [3.63, 3.8) is 0 Å². The van der Waals surface area contributed by atoms with Crippen molar-refractivity contribution in [2.24, 2.45) is 5.41 Å². The van der Waals surface area contributed by atoms with Crippen LogP contribution in [0, 0.1) is 5.41 Å². The molecule has 0 spiro atoms. The van der Waals surface area contributed by atoms with Crippen LogP contribution in [0.1, 0.15) is 265 Å². The molecule has 0 unspecified atom stereocenters. The van der Waals surface area contributed by atoms with Gasteiger partial charge < -0.3 is 10.2 Å². The number of carboxylic acid groups (broad SMARTS) is 2. The van der Waals surface area contributed by atoms with E-state index in [1.165, 1.54) is 167 Å². The van der Waals surface area contributed by atoms with Crippen LogP contribution in [0.25, 0.3) is 0 Å². The molecule has 0 amide bonds. The summed E-state index contributed by atoms with van der Waals surface area (Å²) in [4.78, 5) is 22.3. The van der Waals surface area contributed by atoms with Gasteiger partial charge in [0, 0.05) is 6.42 Å². The third kappa shape index (κ3) is 36.2. The number of unbranched alkanes of at least 4 members (excludes halogenated alkanes) is 29. The molecule has 0 aromatic heterocycles. The van der Waals surface area contributed by atoms with Crippen LogP contribution in [0.3, 0.4) is 0 Å². The maximum Gasteiger partial charge on any atom is 0.309 e. The maximum absolute atomic E-state index is 12.0. The molecule has 288 valence electrons. The summed E-state index contributed by atoms with van der Waals surface area (Å²) in [6.45, 7) is 8.88. The number of aliphatic carboxylic acids is 2. The quantitative estimate of drug-likeness (QED) is 0.0636. The number of hydrogen-bond donors (Lipinski definition) is 2. The molecule has 2 N–H and O–H groups in total. The number of carboxylic acids is 2. The molecular formula is C44H88O4. The zero-order valence-corrected chi connectivity index (χ0v) is 33.4. The van der Waals surface area contributed by atoms with Crippen molar-refractivity contribution in [1.82, 2.24) is 0 Å². The van der Waals surface area contributed by atoms with Gasteiger partial charge in [-0.3, -0.25) is 9.59 Å². The summed E-state index contributed by atoms with van der Waals surface area (Å²) >= 11 is 0. The third-order valence-electron chi connectivity index (χ3n) is 10.5. The summed E-state index contributed by atoms with van der Waals surface area (Å²) in [5.41, 5.74) is -0.441. The minimum Gasteiger partial charge on any atom is -0.481 e. The molecule has 0 saturated carbocycles. The van der Waals surface area contributed by atoms with E-state index in [1.807, 2.05) is 0 Å². The van der Waals surface area contributed by atoms with E-state index in [-0.39, 0.29) is 0 Å². The second kappa shape index (κ2) is 40.4. The van der Waals surface area contributed by atoms with Crippen molar-refractivity contribution in [3.8, 4) is 0 Å². The lowest BCUT2D eigenvalue weighted by molar-refractivity contribution is -0.150. The minimum absolute atomic E-state index is 0.345.